The number of amides is 1. The molecule has 4 nitrogen and oxygen atoms in total. The summed E-state index contributed by atoms with van der Waals surface area (Å²) in [4.78, 5) is 9.44. The lowest BCUT2D eigenvalue weighted by Gasteiger charge is -2.33. The second-order valence-electron chi connectivity index (χ2n) is 3.10. The van der Waals surface area contributed by atoms with Crippen LogP contribution in [0.1, 0.15) is 6.92 Å². The fourth-order valence-corrected chi connectivity index (χ4v) is 1.43. The highest BCUT2D eigenvalue weighted by molar-refractivity contribution is 6.26. The summed E-state index contributed by atoms with van der Waals surface area (Å²) in [5.74, 6) is 0. The first kappa shape index (κ1) is 11.1. The predicted octanol–water partition coefficient (Wildman–Crippen LogP) is 0.935. The summed E-state index contributed by atoms with van der Waals surface area (Å²) in [7, 11) is 0. The number of rotatable bonds is 2. The Morgan fingerprint density at radius 1 is 1.71 bits per heavy atom. The van der Waals surface area contributed by atoms with Gasteiger partial charge in [0, 0.05) is 0 Å². The van der Waals surface area contributed by atoms with Gasteiger partial charge in [0.05, 0.1) is 6.10 Å². The van der Waals surface area contributed by atoms with E-state index in [1.54, 1.807) is 24.3 Å². The molecule has 0 radical (unpaired) electrons. The molecule has 0 spiro atoms. The topological polar surface area (TPSA) is 72.6 Å². The van der Waals surface area contributed by atoms with E-state index in [0.717, 1.165) is 0 Å². The van der Waals surface area contributed by atoms with E-state index in [9.17, 15) is 9.90 Å². The molecule has 0 heterocycles. The Balaban J connectivity index is 2.86. The van der Waals surface area contributed by atoms with E-state index < -0.39 is 23.2 Å². The normalized spacial score (nSPS) is 32.6. The van der Waals surface area contributed by atoms with Gasteiger partial charge in [-0.1, -0.05) is 18.2 Å². The van der Waals surface area contributed by atoms with Gasteiger partial charge in [-0.05, 0) is 13.0 Å². The van der Waals surface area contributed by atoms with E-state index in [4.69, 9.17) is 22.1 Å². The minimum Gasteiger partial charge on any atom is -0.440 e. The molecule has 1 amide bonds. The fourth-order valence-electron chi connectivity index (χ4n) is 1.24. The minimum atomic E-state index is -1.14. The van der Waals surface area contributed by atoms with E-state index in [2.05, 4.69) is 0 Å². The molecule has 0 saturated heterocycles. The maximum Gasteiger partial charge on any atom is 0.405 e. The van der Waals surface area contributed by atoms with Crippen LogP contribution in [-0.4, -0.2) is 28.3 Å². The molecule has 1 aliphatic rings. The zero-order chi connectivity index (χ0) is 10.8. The molecule has 0 aromatic carbocycles. The summed E-state index contributed by atoms with van der Waals surface area (Å²) >= 11 is 6.10. The molecule has 0 saturated carbocycles. The van der Waals surface area contributed by atoms with Crippen LogP contribution in [0.5, 0.6) is 0 Å². The van der Waals surface area contributed by atoms with Gasteiger partial charge in [0.15, 0.2) is 0 Å². The third-order valence-electron chi connectivity index (χ3n) is 2.07. The summed E-state index contributed by atoms with van der Waals surface area (Å²) in [6.45, 7) is 1.52. The van der Waals surface area contributed by atoms with Crippen molar-refractivity contribution in [1.29, 1.82) is 0 Å². The van der Waals surface area contributed by atoms with Gasteiger partial charge in [-0.3, -0.25) is 0 Å². The van der Waals surface area contributed by atoms with Crippen LogP contribution in [0.15, 0.2) is 24.3 Å². The number of aliphatic hydroxyl groups is 1. The minimum absolute atomic E-state index is 0.744. The quantitative estimate of drug-likeness (QED) is 0.676. The zero-order valence-corrected chi connectivity index (χ0v) is 8.44. The number of aliphatic hydroxyl groups excluding tert-OH is 1. The molecule has 3 atom stereocenters. The fraction of sp³-hybridized carbons (Fsp3) is 0.444. The SMILES string of the molecule is C[C@H](O)C1(Cl)C=CC=CC1OC(N)=O. The van der Waals surface area contributed by atoms with Crippen molar-refractivity contribution in [3.63, 3.8) is 0 Å². The summed E-state index contributed by atoms with van der Waals surface area (Å²) in [5, 5.41) is 9.47. The maximum absolute atomic E-state index is 10.6. The van der Waals surface area contributed by atoms with Gasteiger partial charge in [-0.25, -0.2) is 4.79 Å². The number of primary amides is 1. The number of allylic oxidation sites excluding steroid dienone is 2. The Bertz CT molecular complexity index is 288. The molecule has 1 rings (SSSR count). The number of carbonyl (C=O) groups excluding carboxylic acids is 1. The number of carbonyl (C=O) groups is 1. The molecule has 3 N–H and O–H groups in total. The van der Waals surface area contributed by atoms with Crippen molar-refractivity contribution in [3.05, 3.63) is 24.3 Å². The average molecular weight is 218 g/mol. The number of hydrogen-bond donors (Lipinski definition) is 2. The summed E-state index contributed by atoms with van der Waals surface area (Å²) in [5.41, 5.74) is 4.89. The maximum atomic E-state index is 10.6. The third-order valence-corrected chi connectivity index (χ3v) is 2.73. The van der Waals surface area contributed by atoms with Gasteiger partial charge in [0.25, 0.3) is 0 Å². The molecule has 2 unspecified atom stereocenters. The van der Waals surface area contributed by atoms with E-state index in [-0.39, 0.29) is 0 Å². The number of nitrogens with two attached hydrogens (primary N) is 1. The van der Waals surface area contributed by atoms with Crippen LogP contribution in [0, 0.1) is 0 Å². The van der Waals surface area contributed by atoms with Crippen molar-refractivity contribution < 1.29 is 14.6 Å². The second-order valence-corrected chi connectivity index (χ2v) is 3.76. The first-order valence-electron chi connectivity index (χ1n) is 4.16. The Labute approximate surface area is 87.0 Å². The molecule has 0 aliphatic heterocycles. The first-order valence-corrected chi connectivity index (χ1v) is 4.53. The van der Waals surface area contributed by atoms with Crippen molar-refractivity contribution in [2.24, 2.45) is 5.73 Å². The van der Waals surface area contributed by atoms with Crippen molar-refractivity contribution in [3.8, 4) is 0 Å². The van der Waals surface area contributed by atoms with Crippen LogP contribution in [-0.2, 0) is 4.74 Å². The number of alkyl halides is 1. The lowest BCUT2D eigenvalue weighted by Crippen LogP contribution is -2.47. The summed E-state index contributed by atoms with van der Waals surface area (Å²) in [6, 6.07) is 0. The van der Waals surface area contributed by atoms with Crippen molar-refractivity contribution in [1.82, 2.24) is 0 Å². The van der Waals surface area contributed by atoms with Crippen molar-refractivity contribution in [2.75, 3.05) is 0 Å². The van der Waals surface area contributed by atoms with Crippen molar-refractivity contribution in [2.45, 2.75) is 24.0 Å². The first-order chi connectivity index (χ1) is 6.47. The van der Waals surface area contributed by atoms with E-state index in [0.29, 0.717) is 0 Å². The standard InChI is InChI=1S/C9H12ClNO3/c1-6(12)9(10)5-3-2-4-7(9)14-8(11)13/h2-7,12H,1H3,(H2,11,13)/t6-,7?,9?/m0/s1. The highest BCUT2D eigenvalue weighted by atomic mass is 35.5. The molecule has 0 aromatic rings. The van der Waals surface area contributed by atoms with Gasteiger partial charge in [0.2, 0.25) is 0 Å². The van der Waals surface area contributed by atoms with Crippen LogP contribution >= 0.6 is 11.6 Å². The third kappa shape index (κ3) is 2.08. The van der Waals surface area contributed by atoms with Crippen LogP contribution in [0.2, 0.25) is 0 Å². The number of hydrogen-bond acceptors (Lipinski definition) is 3. The molecule has 0 fully saturated rings. The largest absolute Gasteiger partial charge is 0.440 e. The molecule has 0 bridgehead atoms. The summed E-state index contributed by atoms with van der Waals surface area (Å²) in [6.07, 6.45) is 4.00. The van der Waals surface area contributed by atoms with Crippen LogP contribution in [0.25, 0.3) is 0 Å². The summed E-state index contributed by atoms with van der Waals surface area (Å²) < 4.78 is 4.78. The van der Waals surface area contributed by atoms with Gasteiger partial charge < -0.3 is 15.6 Å². The van der Waals surface area contributed by atoms with E-state index in [1.807, 2.05) is 0 Å². The van der Waals surface area contributed by atoms with Crippen LogP contribution in [0.4, 0.5) is 4.79 Å². The number of halogens is 1. The smallest absolute Gasteiger partial charge is 0.405 e. The van der Waals surface area contributed by atoms with Crippen LogP contribution < -0.4 is 5.73 Å². The molecular weight excluding hydrogens is 206 g/mol. The average Bonchev–Trinajstić information content (AvgIpc) is 2.08. The molecule has 0 aromatic heterocycles. The monoisotopic (exact) mass is 217 g/mol. The Morgan fingerprint density at radius 3 is 2.86 bits per heavy atom. The molecule has 14 heavy (non-hydrogen) atoms. The predicted molar refractivity (Wildman–Crippen MR) is 53.0 cm³/mol. The molecular formula is C9H12ClNO3. The molecule has 1 aliphatic carbocycles. The Kier molecular flexibility index (Phi) is 3.18. The lowest BCUT2D eigenvalue weighted by molar-refractivity contribution is 0.0658. The number of ether oxygens (including phenoxy) is 1. The Hall–Kier alpha value is -1.00. The molecule has 78 valence electrons. The van der Waals surface area contributed by atoms with E-state index in [1.165, 1.54) is 6.92 Å². The van der Waals surface area contributed by atoms with Crippen molar-refractivity contribution >= 4 is 17.7 Å². The van der Waals surface area contributed by atoms with Gasteiger partial charge in [0.1, 0.15) is 11.0 Å². The highest BCUT2D eigenvalue weighted by Crippen LogP contribution is 2.31. The van der Waals surface area contributed by atoms with Gasteiger partial charge in [-0.15, -0.1) is 11.6 Å². The Morgan fingerprint density at radius 2 is 2.36 bits per heavy atom. The van der Waals surface area contributed by atoms with Gasteiger partial charge >= 0.3 is 6.09 Å². The van der Waals surface area contributed by atoms with E-state index >= 15 is 0 Å². The zero-order valence-electron chi connectivity index (χ0n) is 7.68. The molecule has 5 heteroatoms. The van der Waals surface area contributed by atoms with Crippen LogP contribution in [0.3, 0.4) is 0 Å². The second kappa shape index (κ2) is 4.02. The lowest BCUT2D eigenvalue weighted by atomic mass is 9.91. The highest BCUT2D eigenvalue weighted by Gasteiger charge is 2.41. The van der Waals surface area contributed by atoms with Gasteiger partial charge in [-0.2, -0.15) is 0 Å².